The second-order valence-electron chi connectivity index (χ2n) is 6.32. The summed E-state index contributed by atoms with van der Waals surface area (Å²) in [5.74, 6) is 0.900. The van der Waals surface area contributed by atoms with Gasteiger partial charge in [0.1, 0.15) is 18.2 Å². The van der Waals surface area contributed by atoms with E-state index in [4.69, 9.17) is 0 Å². The zero-order chi connectivity index (χ0) is 16.6. The van der Waals surface area contributed by atoms with Crippen molar-refractivity contribution in [3.05, 3.63) is 11.8 Å². The van der Waals surface area contributed by atoms with Gasteiger partial charge in [-0.25, -0.2) is 13.8 Å². The predicted octanol–water partition coefficient (Wildman–Crippen LogP) is 0.603. The van der Waals surface area contributed by atoms with Crippen LogP contribution in [0.4, 0.5) is 20.5 Å². The fourth-order valence-electron chi connectivity index (χ4n) is 3.42. The second kappa shape index (κ2) is 6.52. The van der Waals surface area contributed by atoms with Gasteiger partial charge in [-0.1, -0.05) is 0 Å². The van der Waals surface area contributed by atoms with Gasteiger partial charge in [-0.2, -0.15) is 4.98 Å². The Labute approximate surface area is 133 Å². The minimum atomic E-state index is -1.02. The van der Waals surface area contributed by atoms with Crippen molar-refractivity contribution in [3.63, 3.8) is 0 Å². The molecule has 6 nitrogen and oxygen atoms in total. The zero-order valence-electron chi connectivity index (χ0n) is 13.1. The Balaban J connectivity index is 1.90. The van der Waals surface area contributed by atoms with Crippen LogP contribution in [0.5, 0.6) is 0 Å². The molecule has 1 aromatic heterocycles. The molecule has 0 saturated carbocycles. The third kappa shape index (κ3) is 3.10. The molecule has 0 aliphatic carbocycles. The van der Waals surface area contributed by atoms with Gasteiger partial charge in [0.05, 0.1) is 38.4 Å². The molecule has 3 heterocycles. The molecular weight excluding hydrogens is 306 g/mol. The van der Waals surface area contributed by atoms with Gasteiger partial charge in [-0.15, -0.1) is 0 Å². The van der Waals surface area contributed by atoms with E-state index >= 15 is 0 Å². The van der Waals surface area contributed by atoms with Crippen LogP contribution in [-0.2, 0) is 0 Å². The first kappa shape index (κ1) is 16.3. The van der Waals surface area contributed by atoms with Crippen molar-refractivity contribution < 1.29 is 19.0 Å². The highest BCUT2D eigenvalue weighted by atomic mass is 19.1. The number of aryl methyl sites for hydroxylation is 1. The average Bonchev–Trinajstić information content (AvgIpc) is 3.10. The maximum Gasteiger partial charge on any atom is 0.227 e. The van der Waals surface area contributed by atoms with Crippen LogP contribution in [0.3, 0.4) is 0 Å². The second-order valence-corrected chi connectivity index (χ2v) is 6.32. The molecule has 23 heavy (non-hydrogen) atoms. The zero-order valence-corrected chi connectivity index (χ0v) is 13.1. The first-order chi connectivity index (χ1) is 11.0. The number of hydrogen-bond acceptors (Lipinski definition) is 6. The molecule has 0 amide bonds. The molecule has 2 saturated heterocycles. The van der Waals surface area contributed by atoms with Crippen LogP contribution in [0.2, 0.25) is 0 Å². The fraction of sp³-hybridized carbons (Fsp3) is 0.733. The van der Waals surface area contributed by atoms with Crippen LogP contribution in [0.25, 0.3) is 0 Å². The molecule has 128 valence electrons. The minimum Gasteiger partial charge on any atom is -0.394 e. The lowest BCUT2D eigenvalue weighted by Crippen LogP contribution is -2.36. The molecule has 0 spiro atoms. The Morgan fingerprint density at radius 3 is 2.26 bits per heavy atom. The quantitative estimate of drug-likeness (QED) is 0.843. The highest BCUT2D eigenvalue weighted by molar-refractivity contribution is 5.52. The molecule has 2 aliphatic heterocycles. The van der Waals surface area contributed by atoms with Crippen molar-refractivity contribution in [3.8, 4) is 0 Å². The summed E-state index contributed by atoms with van der Waals surface area (Å²) in [6.45, 7) is 1.84. The Bertz CT molecular complexity index is 562. The molecule has 8 heteroatoms. The number of anilines is 2. The van der Waals surface area contributed by atoms with Gasteiger partial charge >= 0.3 is 0 Å². The number of hydrogen-bond donors (Lipinski definition) is 2. The molecule has 0 unspecified atom stereocenters. The number of aliphatic hydroxyl groups is 2. The van der Waals surface area contributed by atoms with E-state index in [1.807, 2.05) is 6.92 Å². The molecule has 2 N–H and O–H groups in total. The number of nitrogens with zero attached hydrogens (tertiary/aromatic N) is 4. The van der Waals surface area contributed by atoms with Crippen LogP contribution in [0.15, 0.2) is 6.20 Å². The highest BCUT2D eigenvalue weighted by Crippen LogP contribution is 2.31. The summed E-state index contributed by atoms with van der Waals surface area (Å²) < 4.78 is 27.4. The molecule has 0 aromatic carbocycles. The van der Waals surface area contributed by atoms with E-state index in [2.05, 4.69) is 9.97 Å². The van der Waals surface area contributed by atoms with E-state index in [0.717, 1.165) is 5.56 Å². The molecule has 3 rings (SSSR count). The van der Waals surface area contributed by atoms with Crippen LogP contribution in [0, 0.1) is 6.92 Å². The van der Waals surface area contributed by atoms with Crippen LogP contribution >= 0.6 is 0 Å². The molecule has 1 aromatic rings. The van der Waals surface area contributed by atoms with Gasteiger partial charge in [0, 0.05) is 24.6 Å². The van der Waals surface area contributed by atoms with E-state index in [9.17, 15) is 19.0 Å². The molecule has 2 fully saturated rings. The van der Waals surface area contributed by atoms with Crippen molar-refractivity contribution in [1.29, 1.82) is 0 Å². The van der Waals surface area contributed by atoms with Gasteiger partial charge < -0.3 is 20.0 Å². The van der Waals surface area contributed by atoms with E-state index in [-0.39, 0.29) is 51.2 Å². The van der Waals surface area contributed by atoms with Gasteiger partial charge in [-0.05, 0) is 6.92 Å². The molecule has 4 atom stereocenters. The monoisotopic (exact) mass is 328 g/mol. The first-order valence-electron chi connectivity index (χ1n) is 7.90. The van der Waals surface area contributed by atoms with Crippen molar-refractivity contribution in [1.82, 2.24) is 9.97 Å². The maximum atomic E-state index is 13.7. The summed E-state index contributed by atoms with van der Waals surface area (Å²) >= 11 is 0. The van der Waals surface area contributed by atoms with E-state index < -0.39 is 12.3 Å². The standard InChI is InChI=1S/C15H22F2N4O2/c1-9-4-18-15(21-6-11(17)3-13(21)8-23)19-14(9)20-5-10(16)2-12(20)7-22/h4,10-13,22-23H,2-3,5-8H2,1H3/t10-,11-,12-,13-/m0/s1. The highest BCUT2D eigenvalue weighted by Gasteiger charge is 2.36. The lowest BCUT2D eigenvalue weighted by molar-refractivity contribution is 0.254. The maximum absolute atomic E-state index is 13.7. The minimum absolute atomic E-state index is 0.142. The Kier molecular flexibility index (Phi) is 4.63. The third-order valence-electron chi connectivity index (χ3n) is 4.61. The Morgan fingerprint density at radius 1 is 1.09 bits per heavy atom. The van der Waals surface area contributed by atoms with Gasteiger partial charge in [0.15, 0.2) is 0 Å². The summed E-state index contributed by atoms with van der Waals surface area (Å²) in [6.07, 6.45) is 0.117. The van der Waals surface area contributed by atoms with E-state index in [1.54, 1.807) is 16.0 Å². The first-order valence-corrected chi connectivity index (χ1v) is 7.90. The topological polar surface area (TPSA) is 72.7 Å². The smallest absolute Gasteiger partial charge is 0.227 e. The third-order valence-corrected chi connectivity index (χ3v) is 4.61. The fourth-order valence-corrected chi connectivity index (χ4v) is 3.42. The number of rotatable bonds is 4. The summed E-state index contributed by atoms with van der Waals surface area (Å²) in [5.41, 5.74) is 0.776. The SMILES string of the molecule is Cc1cnc(N2C[C@@H](F)C[C@H]2CO)nc1N1C[C@@H](F)C[C@H]1CO. The number of aromatic nitrogens is 2. The van der Waals surface area contributed by atoms with Crippen LogP contribution < -0.4 is 9.80 Å². The number of alkyl halides is 2. The molecule has 2 aliphatic rings. The summed E-state index contributed by atoms with van der Waals surface area (Å²) in [4.78, 5) is 12.1. The lowest BCUT2D eigenvalue weighted by Gasteiger charge is -2.28. The van der Waals surface area contributed by atoms with Gasteiger partial charge in [0.25, 0.3) is 0 Å². The molecule has 0 bridgehead atoms. The van der Waals surface area contributed by atoms with E-state index in [1.165, 1.54) is 0 Å². The summed E-state index contributed by atoms with van der Waals surface area (Å²) in [7, 11) is 0. The lowest BCUT2D eigenvalue weighted by atomic mass is 10.2. The summed E-state index contributed by atoms with van der Waals surface area (Å²) in [6, 6.07) is -0.658. The summed E-state index contributed by atoms with van der Waals surface area (Å²) in [5, 5.41) is 18.9. The van der Waals surface area contributed by atoms with Crippen molar-refractivity contribution in [2.75, 3.05) is 36.1 Å². The Hall–Kier alpha value is -1.54. The largest absolute Gasteiger partial charge is 0.394 e. The van der Waals surface area contributed by atoms with Crippen molar-refractivity contribution in [2.24, 2.45) is 0 Å². The molecule has 0 radical (unpaired) electrons. The predicted molar refractivity (Wildman–Crippen MR) is 82.2 cm³/mol. The van der Waals surface area contributed by atoms with Crippen LogP contribution in [0.1, 0.15) is 18.4 Å². The average molecular weight is 328 g/mol. The van der Waals surface area contributed by atoms with Crippen LogP contribution in [-0.4, -0.2) is 70.9 Å². The van der Waals surface area contributed by atoms with Gasteiger partial charge in [0.2, 0.25) is 5.95 Å². The molecular formula is C15H22F2N4O2. The van der Waals surface area contributed by atoms with E-state index in [0.29, 0.717) is 11.8 Å². The van der Waals surface area contributed by atoms with Crippen molar-refractivity contribution >= 4 is 11.8 Å². The number of halogens is 2. The van der Waals surface area contributed by atoms with Gasteiger partial charge in [-0.3, -0.25) is 0 Å². The van der Waals surface area contributed by atoms with Crippen molar-refractivity contribution in [2.45, 2.75) is 44.2 Å². The number of aliphatic hydroxyl groups excluding tert-OH is 2. The normalized spacial score (nSPS) is 31.2. The Morgan fingerprint density at radius 2 is 1.65 bits per heavy atom.